The number of aromatic hydroxyl groups is 2. The summed E-state index contributed by atoms with van der Waals surface area (Å²) >= 11 is 6.30. The Morgan fingerprint density at radius 1 is 1.44 bits per heavy atom. The molecule has 1 saturated heterocycles. The van der Waals surface area contributed by atoms with Crippen molar-refractivity contribution in [2.24, 2.45) is 0 Å². The molecule has 1 aliphatic heterocycles. The van der Waals surface area contributed by atoms with Gasteiger partial charge < -0.3 is 10.2 Å². The van der Waals surface area contributed by atoms with Gasteiger partial charge in [-0.25, -0.2) is 0 Å². The van der Waals surface area contributed by atoms with Gasteiger partial charge in [-0.1, -0.05) is 24.0 Å². The summed E-state index contributed by atoms with van der Waals surface area (Å²) in [6.45, 7) is 2.38. The highest BCUT2D eigenvalue weighted by Crippen LogP contribution is 2.34. The molecular formula is C12H11NO3S2. The Bertz CT molecular complexity index is 554. The average Bonchev–Trinajstić information content (AvgIpc) is 2.58. The molecule has 1 aromatic carbocycles. The smallest absolute Gasteiger partial charge is 0.266 e. The molecule has 1 amide bonds. The van der Waals surface area contributed by atoms with Crippen LogP contribution < -0.4 is 0 Å². The summed E-state index contributed by atoms with van der Waals surface area (Å²) in [5, 5.41) is 18.8. The van der Waals surface area contributed by atoms with Gasteiger partial charge in [-0.05, 0) is 25.1 Å². The molecule has 0 bridgehead atoms. The Balaban J connectivity index is 2.35. The molecular weight excluding hydrogens is 270 g/mol. The first kappa shape index (κ1) is 12.9. The molecule has 2 rings (SSSR count). The fourth-order valence-electron chi connectivity index (χ4n) is 1.57. The summed E-state index contributed by atoms with van der Waals surface area (Å²) in [6, 6.07) is 4.22. The largest absolute Gasteiger partial charge is 0.508 e. The molecule has 2 N–H and O–H groups in total. The lowest BCUT2D eigenvalue weighted by Crippen LogP contribution is -2.27. The summed E-state index contributed by atoms with van der Waals surface area (Å²) in [6.07, 6.45) is 1.57. The Morgan fingerprint density at radius 3 is 2.72 bits per heavy atom. The maximum atomic E-state index is 11.9. The Labute approximate surface area is 114 Å². The van der Waals surface area contributed by atoms with Crippen molar-refractivity contribution in [3.05, 3.63) is 28.7 Å². The number of rotatable bonds is 2. The molecule has 0 spiro atoms. The van der Waals surface area contributed by atoms with Gasteiger partial charge in [0, 0.05) is 18.2 Å². The third-order valence-electron chi connectivity index (χ3n) is 2.49. The van der Waals surface area contributed by atoms with Crippen LogP contribution in [0.2, 0.25) is 0 Å². The van der Waals surface area contributed by atoms with Gasteiger partial charge in [0.2, 0.25) is 0 Å². The van der Waals surface area contributed by atoms with Crippen LogP contribution in [0.1, 0.15) is 12.5 Å². The predicted octanol–water partition coefficient (Wildman–Crippen LogP) is 2.32. The number of nitrogens with zero attached hydrogens (tertiary/aromatic N) is 1. The number of phenolic OH excluding ortho intramolecular Hbond substituents is 2. The number of hydrogen-bond acceptors (Lipinski definition) is 5. The third-order valence-corrected chi connectivity index (χ3v) is 3.87. The van der Waals surface area contributed by atoms with Gasteiger partial charge in [0.15, 0.2) is 0 Å². The number of thiocarbonyl (C=S) groups is 1. The molecule has 1 aromatic rings. The van der Waals surface area contributed by atoms with Crippen molar-refractivity contribution in [1.82, 2.24) is 4.90 Å². The number of likely N-dealkylation sites (N-methyl/N-ethyl adjacent to an activating group) is 1. The predicted molar refractivity (Wildman–Crippen MR) is 75.3 cm³/mol. The van der Waals surface area contributed by atoms with Gasteiger partial charge in [0.05, 0.1) is 4.91 Å². The molecule has 0 radical (unpaired) electrons. The number of amides is 1. The highest BCUT2D eigenvalue weighted by Gasteiger charge is 2.30. The van der Waals surface area contributed by atoms with Crippen molar-refractivity contribution in [3.8, 4) is 11.5 Å². The number of carbonyl (C=O) groups is 1. The lowest BCUT2D eigenvalue weighted by atomic mass is 10.1. The van der Waals surface area contributed by atoms with E-state index in [0.717, 1.165) is 0 Å². The Morgan fingerprint density at radius 2 is 2.17 bits per heavy atom. The summed E-state index contributed by atoms with van der Waals surface area (Å²) in [5.74, 6) is -0.248. The molecule has 1 fully saturated rings. The molecule has 0 unspecified atom stereocenters. The van der Waals surface area contributed by atoms with E-state index < -0.39 is 0 Å². The molecule has 94 valence electrons. The SMILES string of the molecule is CCN1C(=O)/C(=C/c2ccc(O)cc2O)SC1=S. The van der Waals surface area contributed by atoms with E-state index in [1.54, 1.807) is 12.1 Å². The maximum absolute atomic E-state index is 11.9. The molecule has 0 aliphatic carbocycles. The molecule has 4 nitrogen and oxygen atoms in total. The lowest BCUT2D eigenvalue weighted by Gasteiger charge is -2.09. The first-order valence-corrected chi connectivity index (χ1v) is 6.52. The van der Waals surface area contributed by atoms with Crippen LogP contribution in [0.5, 0.6) is 11.5 Å². The molecule has 1 aliphatic rings. The maximum Gasteiger partial charge on any atom is 0.266 e. The summed E-state index contributed by atoms with van der Waals surface area (Å²) in [7, 11) is 0. The van der Waals surface area contributed by atoms with Crippen LogP contribution in [0.25, 0.3) is 6.08 Å². The normalized spacial score (nSPS) is 17.8. The first-order chi connectivity index (χ1) is 8.52. The minimum Gasteiger partial charge on any atom is -0.508 e. The highest BCUT2D eigenvalue weighted by atomic mass is 32.2. The minimum atomic E-state index is -0.153. The van der Waals surface area contributed by atoms with Crippen LogP contribution in [-0.4, -0.2) is 31.9 Å². The molecule has 0 aromatic heterocycles. The number of carbonyl (C=O) groups excluding carboxylic acids is 1. The van der Waals surface area contributed by atoms with Crippen LogP contribution >= 0.6 is 24.0 Å². The first-order valence-electron chi connectivity index (χ1n) is 5.30. The fourth-order valence-corrected chi connectivity index (χ4v) is 2.94. The van der Waals surface area contributed by atoms with Crippen molar-refractivity contribution in [2.45, 2.75) is 6.92 Å². The van der Waals surface area contributed by atoms with E-state index in [1.807, 2.05) is 6.92 Å². The van der Waals surface area contributed by atoms with Gasteiger partial charge in [-0.15, -0.1) is 0 Å². The van der Waals surface area contributed by atoms with Crippen LogP contribution in [0.15, 0.2) is 23.1 Å². The zero-order valence-corrected chi connectivity index (χ0v) is 11.2. The molecule has 18 heavy (non-hydrogen) atoms. The van der Waals surface area contributed by atoms with Crippen molar-refractivity contribution < 1.29 is 15.0 Å². The Kier molecular flexibility index (Phi) is 3.58. The fraction of sp³-hybridized carbons (Fsp3) is 0.167. The van der Waals surface area contributed by atoms with E-state index in [0.29, 0.717) is 21.3 Å². The standard InChI is InChI=1S/C12H11NO3S2/c1-2-13-11(16)10(18-12(13)17)5-7-3-4-8(14)6-9(7)15/h3-6,14-15H,2H2,1H3/b10-5-. The zero-order valence-electron chi connectivity index (χ0n) is 9.58. The van der Waals surface area contributed by atoms with E-state index in [4.69, 9.17) is 12.2 Å². The van der Waals surface area contributed by atoms with E-state index in [2.05, 4.69) is 0 Å². The van der Waals surface area contributed by atoms with Gasteiger partial charge in [0.25, 0.3) is 5.91 Å². The molecule has 0 saturated carbocycles. The van der Waals surface area contributed by atoms with Crippen LogP contribution in [0.3, 0.4) is 0 Å². The third kappa shape index (κ3) is 2.34. The zero-order chi connectivity index (χ0) is 13.3. The lowest BCUT2D eigenvalue weighted by molar-refractivity contribution is -0.121. The summed E-state index contributed by atoms with van der Waals surface area (Å²) < 4.78 is 0.520. The average molecular weight is 281 g/mol. The topological polar surface area (TPSA) is 60.8 Å². The monoisotopic (exact) mass is 281 g/mol. The van der Waals surface area contributed by atoms with E-state index in [-0.39, 0.29) is 17.4 Å². The van der Waals surface area contributed by atoms with Gasteiger partial charge in [0.1, 0.15) is 15.8 Å². The molecule has 1 heterocycles. The van der Waals surface area contributed by atoms with Crippen molar-refractivity contribution >= 4 is 40.3 Å². The molecule has 0 atom stereocenters. The van der Waals surface area contributed by atoms with E-state index in [9.17, 15) is 15.0 Å². The summed E-state index contributed by atoms with van der Waals surface area (Å²) in [5.41, 5.74) is 0.476. The minimum absolute atomic E-state index is 0.0224. The molecule has 6 heteroatoms. The van der Waals surface area contributed by atoms with E-state index >= 15 is 0 Å². The van der Waals surface area contributed by atoms with Crippen molar-refractivity contribution in [3.63, 3.8) is 0 Å². The summed E-state index contributed by atoms with van der Waals surface area (Å²) in [4.78, 5) is 13.9. The second kappa shape index (κ2) is 4.99. The van der Waals surface area contributed by atoms with Gasteiger partial charge in [-0.2, -0.15) is 0 Å². The second-order valence-electron chi connectivity index (χ2n) is 3.67. The highest BCUT2D eigenvalue weighted by molar-refractivity contribution is 8.26. The van der Waals surface area contributed by atoms with Gasteiger partial charge in [-0.3, -0.25) is 9.69 Å². The number of phenols is 2. The second-order valence-corrected chi connectivity index (χ2v) is 5.34. The number of thioether (sulfide) groups is 1. The van der Waals surface area contributed by atoms with Crippen molar-refractivity contribution in [1.29, 1.82) is 0 Å². The quantitative estimate of drug-likeness (QED) is 0.643. The van der Waals surface area contributed by atoms with Crippen LogP contribution in [0.4, 0.5) is 0 Å². The van der Waals surface area contributed by atoms with E-state index in [1.165, 1.54) is 28.8 Å². The van der Waals surface area contributed by atoms with Crippen LogP contribution in [0, 0.1) is 0 Å². The van der Waals surface area contributed by atoms with Crippen LogP contribution in [-0.2, 0) is 4.79 Å². The number of hydrogen-bond donors (Lipinski definition) is 2. The Hall–Kier alpha value is -1.53. The number of benzene rings is 1. The van der Waals surface area contributed by atoms with Crippen molar-refractivity contribution in [2.75, 3.05) is 6.54 Å². The van der Waals surface area contributed by atoms with Gasteiger partial charge >= 0.3 is 0 Å².